The molecule has 0 N–H and O–H groups in total. The molecule has 0 radical (unpaired) electrons. The van der Waals surface area contributed by atoms with Gasteiger partial charge < -0.3 is 21.7 Å². The van der Waals surface area contributed by atoms with E-state index in [1.807, 2.05) is 84.9 Å². The zero-order chi connectivity index (χ0) is 44.7. The molecule has 0 spiro atoms. The van der Waals surface area contributed by atoms with Crippen LogP contribution in [0.15, 0.2) is 251 Å². The summed E-state index contributed by atoms with van der Waals surface area (Å²) in [5.74, 6) is 4.76. The van der Waals surface area contributed by atoms with E-state index in [0.717, 1.165) is 55.0 Å². The van der Waals surface area contributed by atoms with Crippen LogP contribution in [0.25, 0.3) is 54.6 Å². The molecule has 0 amide bonds. The van der Waals surface area contributed by atoms with Crippen LogP contribution in [-0.4, -0.2) is 0 Å². The smallest absolute Gasteiger partial charge is 0.456 e. The molecule has 6 heteroatoms. The number of fused-ring (bicyclic) bond motifs is 7. The summed E-state index contributed by atoms with van der Waals surface area (Å²) >= 11 is 0. The van der Waals surface area contributed by atoms with E-state index in [-0.39, 0.29) is 44.8 Å². The molecule has 332 valence electrons. The third-order valence-electron chi connectivity index (χ3n) is 11.7. The van der Waals surface area contributed by atoms with Crippen LogP contribution in [0.2, 0.25) is 0 Å². The average molecular weight is 1270 g/mol. The molecule has 12 rings (SSSR count). The summed E-state index contributed by atoms with van der Waals surface area (Å²) in [6, 6.07) is 85.4. The van der Waals surface area contributed by atoms with Gasteiger partial charge in [0, 0.05) is 21.5 Å². The van der Waals surface area contributed by atoms with E-state index in [1.54, 1.807) is 0 Å². The summed E-state index contributed by atoms with van der Waals surface area (Å²) < 4.78 is 11.3. The first-order valence-electron chi connectivity index (χ1n) is 21.8. The minimum atomic E-state index is -1.23. The maximum Gasteiger partial charge on any atom is 1.00 e. The standard InChI is InChI=1S/C34H26P2.2C14H7O.2Au/c1-5-17-29(18-6-1)35(30-19-7-2-8-20-30)33-25-27-15-13-14-16-28(27)26-34(33)36(31-21-9-3-10-22-31)32-23-11-4-12-24-32;2*1-2-10-7-8-14-12(9-10)11-5-3-4-6-13(11)15-14;;/h1-26H;2*3-9H;;/q;2*-1;2*+1/p+2. The molecule has 0 unspecified atom stereocenters. The first kappa shape index (κ1) is 48.0. The Morgan fingerprint density at radius 2 is 0.588 bits per heavy atom. The first-order chi connectivity index (χ1) is 32.6. The van der Waals surface area contributed by atoms with Crippen LogP contribution in [0.5, 0.6) is 0 Å². The Hall–Kier alpha value is -6.48. The van der Waals surface area contributed by atoms with Gasteiger partial charge in [-0.05, 0) is 95.7 Å². The maximum atomic E-state index is 7.10. The number of benzene rings is 10. The fourth-order valence-corrected chi connectivity index (χ4v) is 14.7. The molecular weight excluding hydrogens is 1230 g/mol. The van der Waals surface area contributed by atoms with Crippen LogP contribution < -0.4 is 31.8 Å². The Kier molecular flexibility index (Phi) is 15.9. The third kappa shape index (κ3) is 10.3. The predicted molar refractivity (Wildman–Crippen MR) is 284 cm³/mol. The van der Waals surface area contributed by atoms with Gasteiger partial charge in [0.25, 0.3) is 0 Å². The molecule has 0 bridgehead atoms. The van der Waals surface area contributed by atoms with E-state index in [0.29, 0.717) is 0 Å². The van der Waals surface area contributed by atoms with Crippen LogP contribution in [0.1, 0.15) is 11.1 Å². The van der Waals surface area contributed by atoms with Gasteiger partial charge in [0.2, 0.25) is 0 Å². The molecule has 0 aliphatic rings. The molecule has 2 heterocycles. The fraction of sp³-hybridized carbons (Fsp3) is 0. The second-order valence-electron chi connectivity index (χ2n) is 15.8. The largest absolute Gasteiger partial charge is 1.00 e. The zero-order valence-corrected chi connectivity index (χ0v) is 42.8. The summed E-state index contributed by atoms with van der Waals surface area (Å²) in [7, 11) is -2.46. The van der Waals surface area contributed by atoms with Crippen molar-refractivity contribution in [3.05, 3.63) is 267 Å². The van der Waals surface area contributed by atoms with Crippen LogP contribution in [0, 0.1) is 24.7 Å². The quantitative estimate of drug-likeness (QED) is 0.0718. The van der Waals surface area contributed by atoms with Crippen molar-refractivity contribution in [1.82, 2.24) is 0 Å². The molecule has 0 aliphatic heterocycles. The van der Waals surface area contributed by atoms with Crippen molar-refractivity contribution in [3.8, 4) is 11.8 Å². The van der Waals surface area contributed by atoms with Gasteiger partial charge in [0.05, 0.1) is 0 Å². The van der Waals surface area contributed by atoms with E-state index in [4.69, 9.17) is 21.7 Å². The molecule has 0 fully saturated rings. The minimum absolute atomic E-state index is 0. The topological polar surface area (TPSA) is 26.3 Å². The van der Waals surface area contributed by atoms with Crippen molar-refractivity contribution >= 4 is 102 Å². The Balaban J connectivity index is 0.000000160. The first-order valence-corrected chi connectivity index (χ1v) is 24.8. The normalized spacial score (nSPS) is 10.6. The average Bonchev–Trinajstić information content (AvgIpc) is 3.96. The van der Waals surface area contributed by atoms with Crippen LogP contribution in [0.3, 0.4) is 0 Å². The second-order valence-corrected chi connectivity index (χ2v) is 20.7. The van der Waals surface area contributed by atoms with Crippen LogP contribution in [-0.2, 0) is 44.8 Å². The van der Waals surface area contributed by atoms with Crippen molar-refractivity contribution < 1.29 is 53.6 Å². The van der Waals surface area contributed by atoms with E-state index in [1.165, 1.54) is 42.6 Å². The molecule has 2 nitrogen and oxygen atoms in total. The molecule has 2 aromatic heterocycles. The second kappa shape index (κ2) is 22.5. The van der Waals surface area contributed by atoms with Gasteiger partial charge in [-0.3, -0.25) is 11.8 Å². The SMILES string of the molecule is [Au+].[Au+].[C-]#Cc1ccc2oc3ccccc3c2c1.[C-]#Cc1ccc2oc3ccccc3c2c1.c1ccc([PH+](c2ccccc2)c2cc3ccccc3cc2[PH+](c2ccccc2)c2ccccc2)cc1. The molecular formula is C62H42Au2O2P2+2. The van der Waals surface area contributed by atoms with Gasteiger partial charge in [0.1, 0.15) is 70.0 Å². The summed E-state index contributed by atoms with van der Waals surface area (Å²) in [5.41, 5.74) is 5.03. The molecule has 68 heavy (non-hydrogen) atoms. The van der Waals surface area contributed by atoms with E-state index in [9.17, 15) is 0 Å². The summed E-state index contributed by atoms with van der Waals surface area (Å²) in [5, 5.41) is 15.6. The molecule has 0 atom stereocenters. The van der Waals surface area contributed by atoms with Gasteiger partial charge in [-0.1, -0.05) is 133 Å². The molecule has 12 aromatic rings. The number of furan rings is 2. The maximum absolute atomic E-state index is 7.10. The van der Waals surface area contributed by atoms with E-state index >= 15 is 0 Å². The Morgan fingerprint density at radius 3 is 0.926 bits per heavy atom. The third-order valence-corrected chi connectivity index (χ3v) is 17.5. The van der Waals surface area contributed by atoms with Gasteiger partial charge >= 0.3 is 44.8 Å². The number of hydrogen-bond donors (Lipinski definition) is 0. The molecule has 0 saturated carbocycles. The van der Waals surface area contributed by atoms with Gasteiger partial charge in [-0.15, -0.1) is 35.4 Å². The summed E-state index contributed by atoms with van der Waals surface area (Å²) in [4.78, 5) is 0. The van der Waals surface area contributed by atoms with E-state index < -0.39 is 15.8 Å². The van der Waals surface area contributed by atoms with E-state index in [2.05, 4.69) is 170 Å². The van der Waals surface area contributed by atoms with Crippen molar-refractivity contribution in [1.29, 1.82) is 0 Å². The number of rotatable bonds is 6. The Morgan fingerprint density at radius 1 is 0.294 bits per heavy atom. The van der Waals surface area contributed by atoms with Gasteiger partial charge in [0.15, 0.2) is 0 Å². The molecule has 0 aliphatic carbocycles. The van der Waals surface area contributed by atoms with Crippen LogP contribution >= 0.6 is 15.8 Å². The Bertz CT molecular complexity index is 3360. The predicted octanol–water partition coefficient (Wildman–Crippen LogP) is 12.9. The Labute approximate surface area is 431 Å². The van der Waals surface area contributed by atoms with Crippen LogP contribution in [0.4, 0.5) is 0 Å². The minimum Gasteiger partial charge on any atom is -0.456 e. The summed E-state index contributed by atoms with van der Waals surface area (Å²) in [6.45, 7) is 0. The van der Waals surface area contributed by atoms with Gasteiger partial charge in [-0.25, -0.2) is 0 Å². The van der Waals surface area contributed by atoms with Crippen molar-refractivity contribution in [3.63, 3.8) is 0 Å². The number of hydrogen-bond acceptors (Lipinski definition) is 2. The summed E-state index contributed by atoms with van der Waals surface area (Å²) in [6.07, 6.45) is 14.2. The molecule has 10 aromatic carbocycles. The fourth-order valence-electron chi connectivity index (χ4n) is 8.64. The number of para-hydroxylation sites is 2. The molecule has 0 saturated heterocycles. The van der Waals surface area contributed by atoms with Gasteiger partial charge in [-0.2, -0.15) is 0 Å². The zero-order valence-electron chi connectivity index (χ0n) is 36.5. The van der Waals surface area contributed by atoms with Crippen molar-refractivity contribution in [2.75, 3.05) is 0 Å². The van der Waals surface area contributed by atoms with Crippen molar-refractivity contribution in [2.24, 2.45) is 0 Å². The van der Waals surface area contributed by atoms with Crippen molar-refractivity contribution in [2.45, 2.75) is 0 Å². The monoisotopic (exact) mass is 1270 g/mol.